The lowest BCUT2D eigenvalue weighted by atomic mass is 9.95. The van der Waals surface area contributed by atoms with Crippen molar-refractivity contribution in [3.63, 3.8) is 0 Å². The Bertz CT molecular complexity index is 779. The highest BCUT2D eigenvalue weighted by Crippen LogP contribution is 2.24. The maximum atomic E-state index is 12.8. The van der Waals surface area contributed by atoms with Gasteiger partial charge in [0.2, 0.25) is 5.91 Å². The summed E-state index contributed by atoms with van der Waals surface area (Å²) in [5.41, 5.74) is 3.12. The molecule has 1 aliphatic heterocycles. The van der Waals surface area contributed by atoms with Crippen molar-refractivity contribution < 1.29 is 9.32 Å². The van der Waals surface area contributed by atoms with E-state index in [4.69, 9.17) is 4.52 Å². The van der Waals surface area contributed by atoms with Crippen molar-refractivity contribution in [2.24, 2.45) is 11.8 Å². The lowest BCUT2D eigenvalue weighted by Gasteiger charge is -2.40. The zero-order valence-corrected chi connectivity index (χ0v) is 17.7. The number of aromatic nitrogens is 1. The molecule has 0 aliphatic carbocycles. The second-order valence-corrected chi connectivity index (χ2v) is 8.96. The van der Waals surface area contributed by atoms with Gasteiger partial charge in [-0.1, -0.05) is 62.7 Å². The van der Waals surface area contributed by atoms with Crippen LogP contribution in [0.5, 0.6) is 0 Å². The van der Waals surface area contributed by atoms with E-state index in [9.17, 15) is 4.79 Å². The van der Waals surface area contributed by atoms with E-state index in [0.29, 0.717) is 18.4 Å². The standard InChI is InChI=1S/C23H33N3O2/c1-15(2)10-19-13-26(21(11-16(3)4)23(27)24-19)14-20-12-22(28-25-20)18-8-6-17(5)7-9-18/h6-9,12,15-16,19,21H,10-11,13-14H2,1-5H3,(H,24,27). The average Bonchev–Trinajstić information content (AvgIpc) is 3.06. The number of hydrogen-bond donors (Lipinski definition) is 1. The maximum absolute atomic E-state index is 12.8. The first kappa shape index (κ1) is 20.6. The maximum Gasteiger partial charge on any atom is 0.237 e. The van der Waals surface area contributed by atoms with Crippen molar-refractivity contribution in [2.45, 2.75) is 66.1 Å². The summed E-state index contributed by atoms with van der Waals surface area (Å²) >= 11 is 0. The summed E-state index contributed by atoms with van der Waals surface area (Å²) in [6.07, 6.45) is 1.84. The molecule has 5 nitrogen and oxygen atoms in total. The van der Waals surface area contributed by atoms with Gasteiger partial charge in [0.25, 0.3) is 0 Å². The van der Waals surface area contributed by atoms with Crippen molar-refractivity contribution in [1.82, 2.24) is 15.4 Å². The summed E-state index contributed by atoms with van der Waals surface area (Å²) in [5, 5.41) is 7.52. The molecule has 5 heteroatoms. The largest absolute Gasteiger partial charge is 0.356 e. The summed E-state index contributed by atoms with van der Waals surface area (Å²) in [4.78, 5) is 15.1. The van der Waals surface area contributed by atoms with Crippen LogP contribution in [-0.2, 0) is 11.3 Å². The molecule has 1 aromatic carbocycles. The summed E-state index contributed by atoms with van der Waals surface area (Å²) in [7, 11) is 0. The molecule has 3 rings (SSSR count). The van der Waals surface area contributed by atoms with Gasteiger partial charge in [0.05, 0.1) is 11.7 Å². The zero-order chi connectivity index (χ0) is 20.3. The van der Waals surface area contributed by atoms with Gasteiger partial charge in [-0.2, -0.15) is 0 Å². The third kappa shape index (κ3) is 5.22. The molecular formula is C23H33N3O2. The number of nitrogens with one attached hydrogen (secondary N) is 1. The molecule has 2 aromatic rings. The minimum atomic E-state index is -0.108. The van der Waals surface area contributed by atoms with E-state index in [1.165, 1.54) is 5.56 Å². The number of benzene rings is 1. The Balaban J connectivity index is 1.76. The average molecular weight is 384 g/mol. The van der Waals surface area contributed by atoms with Gasteiger partial charge in [-0.15, -0.1) is 0 Å². The van der Waals surface area contributed by atoms with Gasteiger partial charge in [0.15, 0.2) is 5.76 Å². The number of nitrogens with zero attached hydrogens (tertiary/aromatic N) is 2. The molecule has 0 bridgehead atoms. The van der Waals surface area contributed by atoms with Crippen LogP contribution in [0.4, 0.5) is 0 Å². The number of piperazine rings is 1. The molecule has 0 spiro atoms. The van der Waals surface area contributed by atoms with E-state index >= 15 is 0 Å². The topological polar surface area (TPSA) is 58.4 Å². The fraction of sp³-hybridized carbons (Fsp3) is 0.565. The molecule has 1 fully saturated rings. The SMILES string of the molecule is Cc1ccc(-c2cc(CN3CC(CC(C)C)NC(=O)C3CC(C)C)no2)cc1. The van der Waals surface area contributed by atoms with Crippen LogP contribution in [0.25, 0.3) is 11.3 Å². The number of carbonyl (C=O) groups excluding carboxylic acids is 1. The van der Waals surface area contributed by atoms with Crippen LogP contribution in [0.2, 0.25) is 0 Å². The normalized spacial score (nSPS) is 20.8. The number of aryl methyl sites for hydroxylation is 1. The lowest BCUT2D eigenvalue weighted by Crippen LogP contribution is -2.60. The van der Waals surface area contributed by atoms with Crippen molar-refractivity contribution in [3.05, 3.63) is 41.6 Å². The van der Waals surface area contributed by atoms with Gasteiger partial charge in [0, 0.05) is 30.8 Å². The Hall–Kier alpha value is -2.14. The molecule has 152 valence electrons. The minimum absolute atomic E-state index is 0.108. The molecule has 0 saturated carbocycles. The highest BCUT2D eigenvalue weighted by Gasteiger charge is 2.35. The van der Waals surface area contributed by atoms with Crippen molar-refractivity contribution in [3.8, 4) is 11.3 Å². The molecule has 2 unspecified atom stereocenters. The number of carbonyl (C=O) groups is 1. The molecule has 28 heavy (non-hydrogen) atoms. The molecule has 2 atom stereocenters. The van der Waals surface area contributed by atoms with Crippen molar-refractivity contribution in [2.75, 3.05) is 6.54 Å². The van der Waals surface area contributed by atoms with E-state index in [-0.39, 0.29) is 18.0 Å². The van der Waals surface area contributed by atoms with Crippen molar-refractivity contribution in [1.29, 1.82) is 0 Å². The molecule has 1 amide bonds. The first-order chi connectivity index (χ1) is 13.3. The predicted octanol–water partition coefficient (Wildman–Crippen LogP) is 4.41. The molecule has 2 heterocycles. The smallest absolute Gasteiger partial charge is 0.237 e. The number of hydrogen-bond acceptors (Lipinski definition) is 4. The van der Waals surface area contributed by atoms with Crippen LogP contribution >= 0.6 is 0 Å². The molecule has 1 aromatic heterocycles. The van der Waals surface area contributed by atoms with Gasteiger partial charge >= 0.3 is 0 Å². The fourth-order valence-electron chi connectivity index (χ4n) is 3.95. The van der Waals surface area contributed by atoms with Crippen LogP contribution in [-0.4, -0.2) is 34.6 Å². The quantitative estimate of drug-likeness (QED) is 0.769. The Morgan fingerprint density at radius 3 is 2.46 bits per heavy atom. The van der Waals surface area contributed by atoms with E-state index in [2.05, 4.69) is 62.1 Å². The van der Waals surface area contributed by atoms with Gasteiger partial charge in [-0.05, 0) is 31.6 Å². The predicted molar refractivity (Wildman–Crippen MR) is 112 cm³/mol. The zero-order valence-electron chi connectivity index (χ0n) is 17.7. The number of rotatable bonds is 7. The Labute approximate surface area is 168 Å². The van der Waals surface area contributed by atoms with Gasteiger partial charge in [-0.3, -0.25) is 9.69 Å². The van der Waals surface area contributed by atoms with E-state index in [0.717, 1.165) is 36.4 Å². The Kier molecular flexibility index (Phi) is 6.55. The Morgan fingerprint density at radius 1 is 1.14 bits per heavy atom. The third-order valence-corrected chi connectivity index (χ3v) is 5.26. The lowest BCUT2D eigenvalue weighted by molar-refractivity contribution is -0.132. The molecule has 1 aliphatic rings. The summed E-state index contributed by atoms with van der Waals surface area (Å²) in [5.74, 6) is 1.93. The van der Waals surface area contributed by atoms with E-state index < -0.39 is 0 Å². The van der Waals surface area contributed by atoms with Gasteiger partial charge in [0.1, 0.15) is 0 Å². The Morgan fingerprint density at radius 2 is 1.82 bits per heavy atom. The van der Waals surface area contributed by atoms with Crippen LogP contribution in [0.1, 0.15) is 51.8 Å². The first-order valence-corrected chi connectivity index (χ1v) is 10.4. The van der Waals surface area contributed by atoms with Crippen LogP contribution in [0, 0.1) is 18.8 Å². The molecule has 0 radical (unpaired) electrons. The van der Waals surface area contributed by atoms with Gasteiger partial charge in [-0.25, -0.2) is 0 Å². The first-order valence-electron chi connectivity index (χ1n) is 10.4. The molecule has 1 N–H and O–H groups in total. The second-order valence-electron chi connectivity index (χ2n) is 8.96. The van der Waals surface area contributed by atoms with E-state index in [1.807, 2.05) is 18.2 Å². The fourth-order valence-corrected chi connectivity index (χ4v) is 3.95. The summed E-state index contributed by atoms with van der Waals surface area (Å²) in [6.45, 7) is 12.3. The van der Waals surface area contributed by atoms with Crippen LogP contribution in [0.3, 0.4) is 0 Å². The summed E-state index contributed by atoms with van der Waals surface area (Å²) in [6, 6.07) is 10.3. The minimum Gasteiger partial charge on any atom is -0.356 e. The highest BCUT2D eigenvalue weighted by molar-refractivity contribution is 5.82. The highest BCUT2D eigenvalue weighted by atomic mass is 16.5. The van der Waals surface area contributed by atoms with Crippen molar-refractivity contribution >= 4 is 5.91 Å². The van der Waals surface area contributed by atoms with E-state index in [1.54, 1.807) is 0 Å². The molecular weight excluding hydrogens is 350 g/mol. The third-order valence-electron chi connectivity index (χ3n) is 5.26. The molecule has 1 saturated heterocycles. The number of amides is 1. The van der Waals surface area contributed by atoms with Crippen LogP contribution in [0.15, 0.2) is 34.9 Å². The monoisotopic (exact) mass is 383 g/mol. The second kappa shape index (κ2) is 8.91. The summed E-state index contributed by atoms with van der Waals surface area (Å²) < 4.78 is 5.59. The van der Waals surface area contributed by atoms with Gasteiger partial charge < -0.3 is 9.84 Å². The van der Waals surface area contributed by atoms with Crippen LogP contribution < -0.4 is 5.32 Å².